The van der Waals surface area contributed by atoms with Crippen LogP contribution >= 0.6 is 0 Å². The van der Waals surface area contributed by atoms with Crippen LogP contribution in [0.25, 0.3) is 0 Å². The Balaban J connectivity index is 1.36. The molecule has 1 saturated heterocycles. The number of anilines is 2. The summed E-state index contributed by atoms with van der Waals surface area (Å²) < 4.78 is 113. The first-order valence-electron chi connectivity index (χ1n) is 13.8. The lowest BCUT2D eigenvalue weighted by Crippen LogP contribution is -2.51. The predicted octanol–water partition coefficient (Wildman–Crippen LogP) is 6.21. The summed E-state index contributed by atoms with van der Waals surface area (Å²) in [6.45, 7) is 2.96. The Morgan fingerprint density at radius 1 is 1.05 bits per heavy atom. The fourth-order valence-electron chi connectivity index (χ4n) is 6.51. The second-order valence-electron chi connectivity index (χ2n) is 11.1. The van der Waals surface area contributed by atoms with Crippen LogP contribution in [-0.4, -0.2) is 54.6 Å². The highest BCUT2D eigenvalue weighted by molar-refractivity contribution is 7.92. The van der Waals surface area contributed by atoms with Crippen LogP contribution in [0.3, 0.4) is 0 Å². The molecule has 5 atom stereocenters. The average molecular weight is 616 g/mol. The summed E-state index contributed by atoms with van der Waals surface area (Å²) in [5.74, 6) is -4.98. The smallest absolute Gasteiger partial charge is 0.378 e. The molecule has 1 saturated carbocycles. The van der Waals surface area contributed by atoms with Crippen molar-refractivity contribution in [2.75, 3.05) is 23.1 Å². The van der Waals surface area contributed by atoms with Gasteiger partial charge in [0.15, 0.2) is 0 Å². The third-order valence-corrected chi connectivity index (χ3v) is 9.89. The zero-order valence-electron chi connectivity index (χ0n) is 22.7. The molecular formula is C28H31F6N5O2S. The van der Waals surface area contributed by atoms with Gasteiger partial charge in [0.2, 0.25) is 0 Å². The number of aromatic nitrogens is 2. The molecule has 42 heavy (non-hydrogen) atoms. The molecule has 1 aromatic heterocycles. The Labute approximate surface area is 240 Å². The van der Waals surface area contributed by atoms with Crippen LogP contribution in [0.2, 0.25) is 0 Å². The van der Waals surface area contributed by atoms with E-state index in [0.29, 0.717) is 31.4 Å². The lowest BCUT2D eigenvalue weighted by atomic mass is 9.68. The first-order chi connectivity index (χ1) is 19.8. The Hall–Kier alpha value is -3.13. The Kier molecular flexibility index (Phi) is 8.57. The first kappa shape index (κ1) is 30.3. The van der Waals surface area contributed by atoms with Crippen molar-refractivity contribution in [3.63, 3.8) is 0 Å². The maximum atomic E-state index is 15.3. The minimum atomic E-state index is -4.64. The first-order valence-corrected chi connectivity index (χ1v) is 15.3. The lowest BCUT2D eigenvalue weighted by molar-refractivity contribution is -0.102. The summed E-state index contributed by atoms with van der Waals surface area (Å²) in [7, 11) is -4.50. The molecule has 2 heterocycles. The van der Waals surface area contributed by atoms with Gasteiger partial charge in [-0.15, -0.1) is 0 Å². The van der Waals surface area contributed by atoms with Crippen molar-refractivity contribution < 1.29 is 34.8 Å². The highest BCUT2D eigenvalue weighted by atomic mass is 32.2. The number of nitrogens with zero attached hydrogens (tertiary/aromatic N) is 3. The van der Waals surface area contributed by atoms with E-state index in [1.54, 1.807) is 0 Å². The van der Waals surface area contributed by atoms with Crippen LogP contribution in [0.5, 0.6) is 0 Å². The maximum Gasteiger partial charge on any atom is 0.413 e. The molecule has 7 nitrogen and oxygen atoms in total. The molecule has 2 fully saturated rings. The number of likely N-dealkylation sites (tertiary alicyclic amines) is 1. The number of alkyl halides is 3. The van der Waals surface area contributed by atoms with E-state index in [9.17, 15) is 26.0 Å². The molecule has 0 amide bonds. The van der Waals surface area contributed by atoms with E-state index in [2.05, 4.69) is 24.9 Å². The highest BCUT2D eigenvalue weighted by Crippen LogP contribution is 2.46. The normalized spacial score (nSPS) is 27.4. The van der Waals surface area contributed by atoms with Gasteiger partial charge in [-0.1, -0.05) is 6.92 Å². The van der Waals surface area contributed by atoms with E-state index in [1.165, 1.54) is 25.3 Å². The van der Waals surface area contributed by atoms with E-state index in [4.69, 9.17) is 0 Å². The summed E-state index contributed by atoms with van der Waals surface area (Å²) in [5, 5.41) is 3.05. The van der Waals surface area contributed by atoms with E-state index < -0.39 is 56.0 Å². The number of sulfonamides is 1. The minimum Gasteiger partial charge on any atom is -0.378 e. The monoisotopic (exact) mass is 615 g/mol. The van der Waals surface area contributed by atoms with Crippen molar-refractivity contribution in [1.82, 2.24) is 14.9 Å². The molecule has 0 radical (unpaired) electrons. The molecule has 14 heteroatoms. The zero-order chi connectivity index (χ0) is 30.2. The molecule has 1 aromatic carbocycles. The topological polar surface area (TPSA) is 87.2 Å². The molecule has 2 N–H and O–H groups in total. The lowest BCUT2D eigenvalue weighted by Gasteiger charge is -2.45. The third kappa shape index (κ3) is 6.43. The van der Waals surface area contributed by atoms with Gasteiger partial charge >= 0.3 is 6.18 Å². The van der Waals surface area contributed by atoms with Crippen molar-refractivity contribution in [3.8, 4) is 0 Å². The molecule has 2 aliphatic carbocycles. The van der Waals surface area contributed by atoms with E-state index in [1.807, 2.05) is 0 Å². The van der Waals surface area contributed by atoms with Gasteiger partial charge in [0, 0.05) is 29.9 Å². The number of rotatable bonds is 7. The van der Waals surface area contributed by atoms with E-state index >= 15 is 8.78 Å². The standard InChI is InChI=1S/C28H31F6N5O2S/c1-16-19(11-18(29)12-20(16)28(32,33)34)17-4-5-23(25(10-17)39-8-2-3-9-39)37-24-13-22(31)26(14-21(24)30)42(40,41)38-27-6-7-35-15-36-27/h6-7,11-17,19,23,25,37H,2-5,8-10H2,1H3,(H,35,36,38)/t16?,17-,19?,23-,25-/m0/s1. The summed E-state index contributed by atoms with van der Waals surface area (Å²) in [6.07, 6.45) is 2.77. The van der Waals surface area contributed by atoms with E-state index in [0.717, 1.165) is 38.3 Å². The molecule has 2 aromatic rings. The van der Waals surface area contributed by atoms with Gasteiger partial charge in [-0.3, -0.25) is 9.62 Å². The fourth-order valence-corrected chi connectivity index (χ4v) is 7.59. The molecule has 0 spiro atoms. The molecule has 3 aliphatic rings. The summed E-state index contributed by atoms with van der Waals surface area (Å²) >= 11 is 0. The second-order valence-corrected chi connectivity index (χ2v) is 12.8. The number of nitrogens with one attached hydrogen (secondary N) is 2. The van der Waals surface area contributed by atoms with Crippen molar-refractivity contribution in [3.05, 3.63) is 65.9 Å². The minimum absolute atomic E-state index is 0.114. The Morgan fingerprint density at radius 3 is 2.45 bits per heavy atom. The highest BCUT2D eigenvalue weighted by Gasteiger charge is 2.46. The molecule has 1 aliphatic heterocycles. The second kappa shape index (κ2) is 11.9. The Morgan fingerprint density at radius 2 is 1.79 bits per heavy atom. The maximum absolute atomic E-state index is 15.3. The quantitative estimate of drug-likeness (QED) is 0.361. The van der Waals surface area contributed by atoms with Gasteiger partial charge in [-0.05, 0) is 87.2 Å². The van der Waals surface area contributed by atoms with Crippen molar-refractivity contribution >= 4 is 21.5 Å². The largest absolute Gasteiger partial charge is 0.413 e. The number of allylic oxidation sites excluding steroid dienone is 4. The van der Waals surface area contributed by atoms with Gasteiger partial charge in [-0.2, -0.15) is 13.2 Å². The van der Waals surface area contributed by atoms with Crippen LogP contribution in [-0.2, 0) is 10.0 Å². The van der Waals surface area contributed by atoms with Gasteiger partial charge in [0.25, 0.3) is 10.0 Å². The van der Waals surface area contributed by atoms with Gasteiger partial charge in [0.1, 0.15) is 34.5 Å². The van der Waals surface area contributed by atoms with E-state index in [-0.39, 0.29) is 29.5 Å². The van der Waals surface area contributed by atoms with Crippen LogP contribution in [0.1, 0.15) is 39.0 Å². The SMILES string of the molecule is CC1C(C(F)(F)F)=CC(F)=CC1[C@H]1CC[C@H](Nc2cc(F)c(S(=O)(=O)Nc3ccncn3)cc2F)[C@@H](N2CCCC2)C1. The summed E-state index contributed by atoms with van der Waals surface area (Å²) in [4.78, 5) is 8.70. The summed E-state index contributed by atoms with van der Waals surface area (Å²) in [6, 6.07) is 2.04. The average Bonchev–Trinajstić information content (AvgIpc) is 3.46. The fraction of sp³-hybridized carbons (Fsp3) is 0.500. The van der Waals surface area contributed by atoms with Crippen LogP contribution < -0.4 is 10.0 Å². The van der Waals surface area contributed by atoms with Crippen LogP contribution in [0.4, 0.5) is 37.8 Å². The van der Waals surface area contributed by atoms with Crippen molar-refractivity contribution in [1.29, 1.82) is 0 Å². The molecular weight excluding hydrogens is 584 g/mol. The molecule has 228 valence electrons. The van der Waals surface area contributed by atoms with Gasteiger partial charge in [0.05, 0.1) is 5.69 Å². The molecule has 0 bridgehead atoms. The number of hydrogen-bond acceptors (Lipinski definition) is 6. The number of benzene rings is 1. The molecule has 2 unspecified atom stereocenters. The Bertz CT molecular complexity index is 1460. The number of hydrogen-bond donors (Lipinski definition) is 2. The van der Waals surface area contributed by atoms with Crippen LogP contribution in [0.15, 0.2) is 59.2 Å². The zero-order valence-corrected chi connectivity index (χ0v) is 23.5. The summed E-state index contributed by atoms with van der Waals surface area (Å²) in [5.41, 5.74) is -1.10. The molecule has 5 rings (SSSR count). The van der Waals surface area contributed by atoms with Gasteiger partial charge < -0.3 is 5.32 Å². The van der Waals surface area contributed by atoms with Gasteiger partial charge in [-0.25, -0.2) is 31.6 Å². The predicted molar refractivity (Wildman–Crippen MR) is 145 cm³/mol. The third-order valence-electron chi connectivity index (χ3n) is 8.52. The van der Waals surface area contributed by atoms with Crippen molar-refractivity contribution in [2.45, 2.75) is 62.2 Å². The number of halogens is 6. The van der Waals surface area contributed by atoms with Crippen molar-refractivity contribution in [2.24, 2.45) is 17.8 Å². The van der Waals surface area contributed by atoms with Crippen LogP contribution in [0, 0.1) is 29.4 Å².